The number of nitrogens with one attached hydrogen (secondary N) is 1. The standard InChI is InChI=1S/C26H23N5OS/c1-16-13-14-20(15-17(16)2)31-24(19-9-5-4-6-10-19)29-30-26(31)33-18(3)23-27-22-12-8-7-11-21(22)25(32)28-23/h4-15,18H,1-3H3,(H,27,28,32)/t18-/m1/s1. The Balaban J connectivity index is 1.59. The van der Waals surface area contributed by atoms with E-state index >= 15 is 0 Å². The highest BCUT2D eigenvalue weighted by Gasteiger charge is 2.21. The van der Waals surface area contributed by atoms with Crippen LogP contribution in [-0.2, 0) is 0 Å². The molecule has 6 nitrogen and oxygen atoms in total. The van der Waals surface area contributed by atoms with E-state index < -0.39 is 0 Å². The number of thioether (sulfide) groups is 1. The Labute approximate surface area is 195 Å². The summed E-state index contributed by atoms with van der Waals surface area (Å²) in [7, 11) is 0. The summed E-state index contributed by atoms with van der Waals surface area (Å²) in [5, 5.41) is 10.2. The van der Waals surface area contributed by atoms with Crippen molar-refractivity contribution < 1.29 is 0 Å². The van der Waals surface area contributed by atoms with Gasteiger partial charge in [0.25, 0.3) is 5.56 Å². The molecule has 0 spiro atoms. The average Bonchev–Trinajstić information content (AvgIpc) is 3.25. The van der Waals surface area contributed by atoms with Crippen LogP contribution in [0.3, 0.4) is 0 Å². The van der Waals surface area contributed by atoms with Gasteiger partial charge in [-0.2, -0.15) is 0 Å². The summed E-state index contributed by atoms with van der Waals surface area (Å²) in [5.74, 6) is 1.38. The van der Waals surface area contributed by atoms with Gasteiger partial charge in [0.15, 0.2) is 11.0 Å². The lowest BCUT2D eigenvalue weighted by molar-refractivity contribution is 0.861. The number of aromatic amines is 1. The van der Waals surface area contributed by atoms with Crippen molar-refractivity contribution in [3.8, 4) is 17.1 Å². The monoisotopic (exact) mass is 453 g/mol. The summed E-state index contributed by atoms with van der Waals surface area (Å²) >= 11 is 1.52. The summed E-state index contributed by atoms with van der Waals surface area (Å²) in [6.07, 6.45) is 0. The molecule has 2 heterocycles. The lowest BCUT2D eigenvalue weighted by Gasteiger charge is -2.15. The second-order valence-electron chi connectivity index (χ2n) is 8.00. The highest BCUT2D eigenvalue weighted by molar-refractivity contribution is 7.99. The number of benzene rings is 3. The summed E-state index contributed by atoms with van der Waals surface area (Å²) < 4.78 is 2.07. The van der Waals surface area contributed by atoms with E-state index in [9.17, 15) is 4.79 Å². The molecule has 7 heteroatoms. The smallest absolute Gasteiger partial charge is 0.258 e. The molecular weight excluding hydrogens is 430 g/mol. The zero-order valence-electron chi connectivity index (χ0n) is 18.6. The fourth-order valence-corrected chi connectivity index (χ4v) is 4.65. The van der Waals surface area contributed by atoms with Crippen LogP contribution < -0.4 is 5.56 Å². The molecule has 1 atom stereocenters. The molecule has 5 rings (SSSR count). The van der Waals surface area contributed by atoms with Crippen LogP contribution in [0, 0.1) is 13.8 Å². The third-order valence-electron chi connectivity index (χ3n) is 5.71. The van der Waals surface area contributed by atoms with Gasteiger partial charge in [-0.15, -0.1) is 10.2 Å². The predicted octanol–water partition coefficient (Wildman–Crippen LogP) is 5.64. The zero-order chi connectivity index (χ0) is 22.9. The van der Waals surface area contributed by atoms with Crippen molar-refractivity contribution in [1.82, 2.24) is 24.7 Å². The number of aryl methyl sites for hydroxylation is 2. The maximum atomic E-state index is 12.6. The molecule has 0 bridgehead atoms. The van der Waals surface area contributed by atoms with Gasteiger partial charge < -0.3 is 4.98 Å². The molecule has 0 aliphatic carbocycles. The molecule has 0 unspecified atom stereocenters. The SMILES string of the molecule is Cc1ccc(-n2c(S[C@H](C)c3nc4ccccc4c(=O)[nH]3)nnc2-c2ccccc2)cc1C. The highest BCUT2D eigenvalue weighted by Crippen LogP contribution is 2.36. The fraction of sp³-hybridized carbons (Fsp3) is 0.154. The number of H-pyrrole nitrogens is 1. The number of para-hydroxylation sites is 1. The van der Waals surface area contributed by atoms with E-state index in [1.54, 1.807) is 6.07 Å². The van der Waals surface area contributed by atoms with Crippen molar-refractivity contribution >= 4 is 22.7 Å². The van der Waals surface area contributed by atoms with Gasteiger partial charge >= 0.3 is 0 Å². The number of nitrogens with zero attached hydrogens (tertiary/aromatic N) is 4. The van der Waals surface area contributed by atoms with Crippen LogP contribution in [0.5, 0.6) is 0 Å². The molecule has 5 aromatic rings. The van der Waals surface area contributed by atoms with E-state index in [0.29, 0.717) is 16.7 Å². The van der Waals surface area contributed by atoms with Gasteiger partial charge in [0.2, 0.25) is 0 Å². The highest BCUT2D eigenvalue weighted by atomic mass is 32.2. The first kappa shape index (κ1) is 21.2. The molecule has 0 saturated carbocycles. The third kappa shape index (κ3) is 4.07. The number of aromatic nitrogens is 5. The zero-order valence-corrected chi connectivity index (χ0v) is 19.4. The van der Waals surface area contributed by atoms with Gasteiger partial charge in [-0.3, -0.25) is 9.36 Å². The van der Waals surface area contributed by atoms with Gasteiger partial charge in [0, 0.05) is 5.56 Å². The van der Waals surface area contributed by atoms with Crippen LogP contribution in [0.1, 0.15) is 29.1 Å². The van der Waals surface area contributed by atoms with Crippen LogP contribution >= 0.6 is 11.8 Å². The molecule has 2 aromatic heterocycles. The number of rotatable bonds is 5. The summed E-state index contributed by atoms with van der Waals surface area (Å²) in [6.45, 7) is 6.22. The van der Waals surface area contributed by atoms with E-state index in [1.807, 2.05) is 55.5 Å². The third-order valence-corrected chi connectivity index (χ3v) is 6.76. The Kier molecular flexibility index (Phi) is 5.56. The van der Waals surface area contributed by atoms with Crippen LogP contribution in [0.4, 0.5) is 0 Å². The van der Waals surface area contributed by atoms with Gasteiger partial charge in [0.05, 0.1) is 21.8 Å². The van der Waals surface area contributed by atoms with Gasteiger partial charge in [-0.1, -0.05) is 60.3 Å². The number of hydrogen-bond donors (Lipinski definition) is 1. The molecule has 3 aromatic carbocycles. The van der Waals surface area contributed by atoms with Gasteiger partial charge in [-0.05, 0) is 56.2 Å². The fourth-order valence-electron chi connectivity index (χ4n) is 3.73. The van der Waals surface area contributed by atoms with E-state index in [4.69, 9.17) is 4.98 Å². The Hall–Kier alpha value is -3.71. The largest absolute Gasteiger partial charge is 0.309 e. The van der Waals surface area contributed by atoms with Crippen molar-refractivity contribution in [2.45, 2.75) is 31.2 Å². The number of fused-ring (bicyclic) bond motifs is 1. The Morgan fingerprint density at radius 3 is 2.45 bits per heavy atom. The lowest BCUT2D eigenvalue weighted by atomic mass is 10.1. The molecule has 0 amide bonds. The maximum Gasteiger partial charge on any atom is 0.258 e. The maximum absolute atomic E-state index is 12.6. The molecule has 0 aliphatic rings. The predicted molar refractivity (Wildman–Crippen MR) is 133 cm³/mol. The molecule has 0 radical (unpaired) electrons. The minimum absolute atomic E-state index is 0.136. The molecule has 1 N–H and O–H groups in total. The minimum Gasteiger partial charge on any atom is -0.309 e. The lowest BCUT2D eigenvalue weighted by Crippen LogP contribution is -2.13. The summed E-state index contributed by atoms with van der Waals surface area (Å²) in [4.78, 5) is 20.2. The topological polar surface area (TPSA) is 76.5 Å². The van der Waals surface area contributed by atoms with Crippen molar-refractivity contribution in [1.29, 1.82) is 0 Å². The van der Waals surface area contributed by atoms with E-state index in [-0.39, 0.29) is 10.8 Å². The van der Waals surface area contributed by atoms with E-state index in [2.05, 4.69) is 51.8 Å². The van der Waals surface area contributed by atoms with Crippen LogP contribution in [0.15, 0.2) is 82.7 Å². The molecule has 164 valence electrons. The Morgan fingerprint density at radius 2 is 1.67 bits per heavy atom. The normalized spacial score (nSPS) is 12.2. The molecule has 0 fully saturated rings. The van der Waals surface area contributed by atoms with Crippen LogP contribution in [-0.4, -0.2) is 24.7 Å². The van der Waals surface area contributed by atoms with Crippen LogP contribution in [0.2, 0.25) is 0 Å². The van der Waals surface area contributed by atoms with Crippen molar-refractivity contribution in [2.24, 2.45) is 0 Å². The van der Waals surface area contributed by atoms with Gasteiger partial charge in [0.1, 0.15) is 5.82 Å². The molecule has 33 heavy (non-hydrogen) atoms. The summed E-state index contributed by atoms with van der Waals surface area (Å²) in [5.41, 5.74) is 4.96. The van der Waals surface area contributed by atoms with E-state index in [0.717, 1.165) is 22.2 Å². The average molecular weight is 454 g/mol. The number of hydrogen-bond acceptors (Lipinski definition) is 5. The molecule has 0 saturated heterocycles. The minimum atomic E-state index is -0.138. The first-order chi connectivity index (χ1) is 16.0. The van der Waals surface area contributed by atoms with Gasteiger partial charge in [-0.25, -0.2) is 4.98 Å². The van der Waals surface area contributed by atoms with Crippen molar-refractivity contribution in [3.05, 3.63) is 100 Å². The first-order valence-electron chi connectivity index (χ1n) is 10.8. The molecular formula is C26H23N5OS. The van der Waals surface area contributed by atoms with Crippen molar-refractivity contribution in [2.75, 3.05) is 0 Å². The first-order valence-corrected chi connectivity index (χ1v) is 11.6. The second-order valence-corrected chi connectivity index (χ2v) is 9.31. The quantitative estimate of drug-likeness (QED) is 0.349. The Bertz CT molecular complexity index is 1510. The van der Waals surface area contributed by atoms with E-state index in [1.165, 1.54) is 22.9 Å². The van der Waals surface area contributed by atoms with Crippen molar-refractivity contribution in [3.63, 3.8) is 0 Å². The van der Waals surface area contributed by atoms with Crippen LogP contribution in [0.25, 0.3) is 28.0 Å². The summed E-state index contributed by atoms with van der Waals surface area (Å²) in [6, 6.07) is 23.7. The second kappa shape index (κ2) is 8.67. The Morgan fingerprint density at radius 1 is 0.909 bits per heavy atom. The molecule has 0 aliphatic heterocycles.